The van der Waals surface area contributed by atoms with Gasteiger partial charge in [0.25, 0.3) is 0 Å². The Kier molecular flexibility index (Phi) is 5.89. The molecule has 2 N–H and O–H groups in total. The molecule has 0 bridgehead atoms. The van der Waals surface area contributed by atoms with Crippen LogP contribution in [0.3, 0.4) is 0 Å². The fraction of sp³-hybridized carbons (Fsp3) is 1.00. The summed E-state index contributed by atoms with van der Waals surface area (Å²) in [5.41, 5.74) is 0.170. The van der Waals surface area contributed by atoms with E-state index in [4.69, 9.17) is 4.74 Å². The Morgan fingerprint density at radius 1 is 1.11 bits per heavy atom. The number of aliphatic hydroxyl groups is 1. The summed E-state index contributed by atoms with van der Waals surface area (Å²) in [7, 11) is 0. The van der Waals surface area contributed by atoms with Gasteiger partial charge in [0.1, 0.15) is 0 Å². The monoisotopic (exact) mass is 256 g/mol. The molecule has 1 aliphatic heterocycles. The molecule has 0 unspecified atom stereocenters. The Morgan fingerprint density at radius 3 is 2.50 bits per heavy atom. The summed E-state index contributed by atoms with van der Waals surface area (Å²) < 4.78 is 5.34. The van der Waals surface area contributed by atoms with E-state index in [1.54, 1.807) is 0 Å². The predicted molar refractivity (Wildman–Crippen MR) is 72.7 cm³/mol. The zero-order valence-electron chi connectivity index (χ0n) is 11.5. The van der Waals surface area contributed by atoms with Crippen molar-refractivity contribution < 1.29 is 9.84 Å². The molecule has 0 spiro atoms. The van der Waals surface area contributed by atoms with Gasteiger partial charge in [-0.15, -0.1) is 0 Å². The van der Waals surface area contributed by atoms with Crippen LogP contribution in [0.2, 0.25) is 0 Å². The molecule has 0 radical (unpaired) electrons. The quantitative estimate of drug-likeness (QED) is 0.692. The Bertz CT molecular complexity index is 224. The first-order valence-corrected chi connectivity index (χ1v) is 7.46. The first kappa shape index (κ1) is 14.3. The Morgan fingerprint density at radius 2 is 1.83 bits per heavy atom. The third-order valence-electron chi connectivity index (χ3n) is 4.46. The van der Waals surface area contributed by atoms with Crippen molar-refractivity contribution in [3.63, 3.8) is 0 Å². The molecule has 2 aliphatic rings. The van der Waals surface area contributed by atoms with E-state index < -0.39 is 0 Å². The zero-order valence-corrected chi connectivity index (χ0v) is 11.5. The number of rotatable bonds is 6. The van der Waals surface area contributed by atoms with Crippen LogP contribution < -0.4 is 5.32 Å². The lowest BCUT2D eigenvalue weighted by Crippen LogP contribution is -2.44. The minimum atomic E-state index is 0.170. The van der Waals surface area contributed by atoms with Crippen LogP contribution in [0.4, 0.5) is 0 Å². The predicted octanol–water partition coefficient (Wildman–Crippen LogP) is 0.851. The molecule has 0 aromatic rings. The average Bonchev–Trinajstić information content (AvgIpc) is 2.46. The number of morpholine rings is 1. The summed E-state index contributed by atoms with van der Waals surface area (Å²) in [6.45, 7) is 7.33. The summed E-state index contributed by atoms with van der Waals surface area (Å²) in [6.07, 6.45) is 6.29. The first-order chi connectivity index (χ1) is 8.85. The lowest BCUT2D eigenvalue weighted by Gasteiger charge is -2.36. The van der Waals surface area contributed by atoms with Gasteiger partial charge in [0, 0.05) is 44.7 Å². The maximum Gasteiger partial charge on any atom is 0.0594 e. The highest BCUT2D eigenvalue weighted by atomic mass is 16.5. The maximum atomic E-state index is 9.62. The van der Waals surface area contributed by atoms with Crippen LogP contribution in [0, 0.1) is 5.41 Å². The largest absolute Gasteiger partial charge is 0.396 e. The van der Waals surface area contributed by atoms with Crippen LogP contribution >= 0.6 is 0 Å². The molecule has 106 valence electrons. The van der Waals surface area contributed by atoms with Crippen molar-refractivity contribution in [1.82, 2.24) is 10.2 Å². The first-order valence-electron chi connectivity index (χ1n) is 7.46. The van der Waals surface area contributed by atoms with Crippen LogP contribution in [-0.2, 0) is 4.74 Å². The average molecular weight is 256 g/mol. The highest BCUT2D eigenvalue weighted by Crippen LogP contribution is 2.35. The van der Waals surface area contributed by atoms with E-state index in [9.17, 15) is 5.11 Å². The van der Waals surface area contributed by atoms with Crippen molar-refractivity contribution in [3.05, 3.63) is 0 Å². The van der Waals surface area contributed by atoms with Gasteiger partial charge in [-0.25, -0.2) is 0 Å². The topological polar surface area (TPSA) is 44.7 Å². The smallest absolute Gasteiger partial charge is 0.0594 e. The molecule has 1 saturated heterocycles. The minimum Gasteiger partial charge on any atom is -0.396 e. The second-order valence-electron chi connectivity index (χ2n) is 5.85. The number of hydrogen-bond donors (Lipinski definition) is 2. The molecule has 1 heterocycles. The van der Waals surface area contributed by atoms with Crippen LogP contribution in [-0.4, -0.2) is 62.6 Å². The van der Waals surface area contributed by atoms with Gasteiger partial charge in [-0.05, 0) is 12.8 Å². The standard InChI is InChI=1S/C14H28N2O2/c17-13-14(4-2-1-3-5-14)12-15-6-7-16-8-10-18-11-9-16/h15,17H,1-13H2. The van der Waals surface area contributed by atoms with Crippen LogP contribution in [0.25, 0.3) is 0 Å². The van der Waals surface area contributed by atoms with Gasteiger partial charge >= 0.3 is 0 Å². The molecule has 4 nitrogen and oxygen atoms in total. The van der Waals surface area contributed by atoms with Crippen molar-refractivity contribution >= 4 is 0 Å². The second-order valence-corrected chi connectivity index (χ2v) is 5.85. The van der Waals surface area contributed by atoms with Gasteiger partial charge in [0.2, 0.25) is 0 Å². The van der Waals surface area contributed by atoms with Gasteiger partial charge < -0.3 is 15.2 Å². The number of nitrogens with one attached hydrogen (secondary N) is 1. The Hall–Kier alpha value is -0.160. The van der Waals surface area contributed by atoms with Gasteiger partial charge in [0.05, 0.1) is 13.2 Å². The lowest BCUT2D eigenvalue weighted by atomic mass is 9.74. The van der Waals surface area contributed by atoms with E-state index in [1.165, 1.54) is 32.1 Å². The molecule has 0 aromatic heterocycles. The highest BCUT2D eigenvalue weighted by molar-refractivity contribution is 4.84. The number of nitrogens with zero attached hydrogens (tertiary/aromatic N) is 1. The highest BCUT2D eigenvalue weighted by Gasteiger charge is 2.30. The molecule has 1 saturated carbocycles. The molecular formula is C14H28N2O2. The molecule has 0 atom stereocenters. The summed E-state index contributed by atoms with van der Waals surface area (Å²) >= 11 is 0. The van der Waals surface area contributed by atoms with E-state index in [0.717, 1.165) is 45.9 Å². The fourth-order valence-corrected chi connectivity index (χ4v) is 3.11. The van der Waals surface area contributed by atoms with Crippen LogP contribution in [0.5, 0.6) is 0 Å². The van der Waals surface area contributed by atoms with E-state index in [0.29, 0.717) is 6.61 Å². The molecule has 2 fully saturated rings. The van der Waals surface area contributed by atoms with Gasteiger partial charge in [-0.3, -0.25) is 4.90 Å². The third-order valence-corrected chi connectivity index (χ3v) is 4.46. The number of ether oxygens (including phenoxy) is 1. The SMILES string of the molecule is OCC1(CNCCN2CCOCC2)CCCCC1. The van der Waals surface area contributed by atoms with Crippen molar-refractivity contribution in [2.45, 2.75) is 32.1 Å². The normalized spacial score (nSPS) is 25.2. The molecule has 4 heteroatoms. The van der Waals surface area contributed by atoms with E-state index in [-0.39, 0.29) is 5.41 Å². The molecule has 1 aliphatic carbocycles. The molecular weight excluding hydrogens is 228 g/mol. The number of aliphatic hydroxyl groups excluding tert-OH is 1. The summed E-state index contributed by atoms with van der Waals surface area (Å²) in [5, 5.41) is 13.2. The summed E-state index contributed by atoms with van der Waals surface area (Å²) in [6, 6.07) is 0. The molecule has 2 rings (SSSR count). The van der Waals surface area contributed by atoms with Crippen LogP contribution in [0.1, 0.15) is 32.1 Å². The minimum absolute atomic E-state index is 0.170. The summed E-state index contributed by atoms with van der Waals surface area (Å²) in [4.78, 5) is 2.45. The molecule has 0 amide bonds. The van der Waals surface area contributed by atoms with Crippen molar-refractivity contribution in [2.24, 2.45) is 5.41 Å². The lowest BCUT2D eigenvalue weighted by molar-refractivity contribution is 0.0368. The van der Waals surface area contributed by atoms with E-state index in [1.807, 2.05) is 0 Å². The van der Waals surface area contributed by atoms with E-state index >= 15 is 0 Å². The maximum absolute atomic E-state index is 9.62. The Labute approximate surface area is 111 Å². The van der Waals surface area contributed by atoms with Crippen LogP contribution in [0.15, 0.2) is 0 Å². The second kappa shape index (κ2) is 7.43. The van der Waals surface area contributed by atoms with E-state index in [2.05, 4.69) is 10.2 Å². The Balaban J connectivity index is 1.61. The van der Waals surface area contributed by atoms with Gasteiger partial charge in [-0.1, -0.05) is 19.3 Å². The zero-order chi connectivity index (χ0) is 12.7. The van der Waals surface area contributed by atoms with Gasteiger partial charge in [-0.2, -0.15) is 0 Å². The fourth-order valence-electron chi connectivity index (χ4n) is 3.11. The van der Waals surface area contributed by atoms with Crippen molar-refractivity contribution in [2.75, 3.05) is 52.5 Å². The summed E-state index contributed by atoms with van der Waals surface area (Å²) in [5.74, 6) is 0. The van der Waals surface area contributed by atoms with Crippen molar-refractivity contribution in [1.29, 1.82) is 0 Å². The van der Waals surface area contributed by atoms with Crippen molar-refractivity contribution in [3.8, 4) is 0 Å². The molecule has 18 heavy (non-hydrogen) atoms. The molecule has 0 aromatic carbocycles. The number of hydrogen-bond acceptors (Lipinski definition) is 4. The third kappa shape index (κ3) is 4.19. The van der Waals surface area contributed by atoms with Gasteiger partial charge in [0.15, 0.2) is 0 Å².